The van der Waals surface area contributed by atoms with E-state index >= 15 is 0 Å². The second-order valence-electron chi connectivity index (χ2n) is 3.11. The van der Waals surface area contributed by atoms with Crippen molar-refractivity contribution in [2.24, 2.45) is 0 Å². The van der Waals surface area contributed by atoms with Crippen LogP contribution in [-0.4, -0.2) is 6.29 Å². The van der Waals surface area contributed by atoms with Gasteiger partial charge in [-0.3, -0.25) is 0 Å². The zero-order chi connectivity index (χ0) is 12.3. The molecule has 0 radical (unpaired) electrons. The lowest BCUT2D eigenvalue weighted by Gasteiger charge is -2.06. The van der Waals surface area contributed by atoms with Crippen molar-refractivity contribution >= 4 is 6.29 Å². The van der Waals surface area contributed by atoms with Gasteiger partial charge in [0.1, 0.15) is 6.29 Å². The van der Waals surface area contributed by atoms with E-state index in [1.807, 2.05) is 0 Å². The highest BCUT2D eigenvalue weighted by Crippen LogP contribution is 2.24. The van der Waals surface area contributed by atoms with Gasteiger partial charge in [-0.2, -0.15) is 0 Å². The van der Waals surface area contributed by atoms with Crippen molar-refractivity contribution in [2.75, 3.05) is 0 Å². The number of hydrogen-bond donors (Lipinski definition) is 0. The lowest BCUT2D eigenvalue weighted by Crippen LogP contribution is -2.07. The van der Waals surface area contributed by atoms with Crippen LogP contribution >= 0.6 is 0 Å². The second-order valence-corrected chi connectivity index (χ2v) is 3.11. The number of carbonyl (C=O) groups is 1. The van der Waals surface area contributed by atoms with Crippen LogP contribution in [-0.2, 0) is 11.2 Å². The Balaban J connectivity index is 3.13. The van der Waals surface area contributed by atoms with E-state index in [9.17, 15) is 26.7 Å². The first kappa shape index (κ1) is 12.6. The Labute approximate surface area is 87.9 Å². The van der Waals surface area contributed by atoms with Crippen molar-refractivity contribution in [3.05, 3.63) is 34.6 Å². The fourth-order valence-corrected chi connectivity index (χ4v) is 1.23. The quantitative estimate of drug-likeness (QED) is 0.259. The van der Waals surface area contributed by atoms with Crippen molar-refractivity contribution in [1.82, 2.24) is 0 Å². The van der Waals surface area contributed by atoms with E-state index in [0.29, 0.717) is 6.29 Å². The van der Waals surface area contributed by atoms with Gasteiger partial charge < -0.3 is 4.79 Å². The van der Waals surface area contributed by atoms with E-state index in [0.717, 1.165) is 0 Å². The van der Waals surface area contributed by atoms with Gasteiger partial charge in [0.25, 0.3) is 0 Å². The predicted octanol–water partition coefficient (Wildman–Crippen LogP) is 2.90. The van der Waals surface area contributed by atoms with Crippen LogP contribution in [0, 0.1) is 29.1 Å². The highest BCUT2D eigenvalue weighted by Gasteiger charge is 2.24. The zero-order valence-electron chi connectivity index (χ0n) is 8.00. The average Bonchev–Trinajstić information content (AvgIpc) is 2.28. The van der Waals surface area contributed by atoms with E-state index in [1.54, 1.807) is 0 Å². The van der Waals surface area contributed by atoms with Crippen LogP contribution in [0.4, 0.5) is 22.0 Å². The molecule has 0 N–H and O–H groups in total. The minimum Gasteiger partial charge on any atom is -0.303 e. The molecule has 1 aromatic rings. The minimum atomic E-state index is -2.17. The van der Waals surface area contributed by atoms with E-state index in [4.69, 9.17) is 0 Å². The van der Waals surface area contributed by atoms with Crippen molar-refractivity contribution in [3.63, 3.8) is 0 Å². The van der Waals surface area contributed by atoms with Crippen molar-refractivity contribution in [2.45, 2.75) is 19.3 Å². The summed E-state index contributed by atoms with van der Waals surface area (Å²) in [6.45, 7) is 0. The second kappa shape index (κ2) is 5.05. The summed E-state index contributed by atoms with van der Waals surface area (Å²) in [4.78, 5) is 9.96. The maximum atomic E-state index is 13.0. The summed E-state index contributed by atoms with van der Waals surface area (Å²) in [5.74, 6) is -9.75. The molecule has 0 saturated carbocycles. The first-order valence-corrected chi connectivity index (χ1v) is 4.44. The van der Waals surface area contributed by atoms with E-state index in [-0.39, 0.29) is 19.3 Å². The molecule has 0 bridgehead atoms. The van der Waals surface area contributed by atoms with Gasteiger partial charge in [0.05, 0.1) is 0 Å². The Morgan fingerprint density at radius 2 is 1.25 bits per heavy atom. The Bertz CT molecular complexity index is 387. The third-order valence-electron chi connectivity index (χ3n) is 2.05. The van der Waals surface area contributed by atoms with Crippen molar-refractivity contribution in [1.29, 1.82) is 0 Å². The number of halogens is 5. The minimum absolute atomic E-state index is 0.000501. The maximum Gasteiger partial charge on any atom is 0.200 e. The molecule has 1 nitrogen and oxygen atoms in total. The highest BCUT2D eigenvalue weighted by molar-refractivity contribution is 5.49. The molecular weight excluding hydrogens is 231 g/mol. The normalized spacial score (nSPS) is 10.6. The molecule has 6 heteroatoms. The summed E-state index contributed by atoms with van der Waals surface area (Å²) in [7, 11) is 0. The fraction of sp³-hybridized carbons (Fsp3) is 0.300. The standard InChI is InChI=1S/C10H7F5O/c11-6-5(3-1-2-4-16)7(12)9(14)10(15)8(6)13/h4H,1-3H2. The molecule has 0 amide bonds. The van der Waals surface area contributed by atoms with Gasteiger partial charge in [0.2, 0.25) is 5.82 Å². The summed E-state index contributed by atoms with van der Waals surface area (Å²) in [5.41, 5.74) is -0.877. The molecule has 0 fully saturated rings. The van der Waals surface area contributed by atoms with Gasteiger partial charge in [-0.25, -0.2) is 22.0 Å². The van der Waals surface area contributed by atoms with Crippen molar-refractivity contribution in [3.8, 4) is 0 Å². The number of carbonyl (C=O) groups excluding carboxylic acids is 1. The smallest absolute Gasteiger partial charge is 0.200 e. The van der Waals surface area contributed by atoms with Crippen molar-refractivity contribution < 1.29 is 26.7 Å². The van der Waals surface area contributed by atoms with Crippen LogP contribution in [0.3, 0.4) is 0 Å². The molecule has 0 unspecified atom stereocenters. The fourth-order valence-electron chi connectivity index (χ4n) is 1.23. The Hall–Kier alpha value is -1.46. The van der Waals surface area contributed by atoms with Gasteiger partial charge in [0, 0.05) is 12.0 Å². The summed E-state index contributed by atoms with van der Waals surface area (Å²) < 4.78 is 64.0. The maximum absolute atomic E-state index is 13.0. The number of benzene rings is 1. The van der Waals surface area contributed by atoms with Crippen LogP contribution in [0.5, 0.6) is 0 Å². The first-order chi connectivity index (χ1) is 7.50. The van der Waals surface area contributed by atoms with Crippen LogP contribution in [0.15, 0.2) is 0 Å². The number of rotatable bonds is 4. The topological polar surface area (TPSA) is 17.1 Å². The molecule has 0 atom stereocenters. The molecule has 0 aliphatic rings. The van der Waals surface area contributed by atoms with E-state index in [1.165, 1.54) is 0 Å². The lowest BCUT2D eigenvalue weighted by molar-refractivity contribution is -0.107. The van der Waals surface area contributed by atoms with Gasteiger partial charge >= 0.3 is 0 Å². The number of unbranched alkanes of at least 4 members (excludes halogenated alkanes) is 1. The Morgan fingerprint density at radius 3 is 1.69 bits per heavy atom. The molecular formula is C10H7F5O. The Kier molecular flexibility index (Phi) is 3.98. The van der Waals surface area contributed by atoms with E-state index in [2.05, 4.69) is 0 Å². The summed E-state index contributed by atoms with van der Waals surface area (Å²) in [5, 5.41) is 0. The number of hydrogen-bond acceptors (Lipinski definition) is 1. The molecule has 16 heavy (non-hydrogen) atoms. The first-order valence-electron chi connectivity index (χ1n) is 4.44. The van der Waals surface area contributed by atoms with Crippen LogP contribution in [0.25, 0.3) is 0 Å². The summed E-state index contributed by atoms with van der Waals surface area (Å²) in [6, 6.07) is 0. The monoisotopic (exact) mass is 238 g/mol. The van der Waals surface area contributed by atoms with Crippen LogP contribution in [0.1, 0.15) is 18.4 Å². The van der Waals surface area contributed by atoms with Gasteiger partial charge in [-0.1, -0.05) is 0 Å². The molecule has 1 aromatic carbocycles. The van der Waals surface area contributed by atoms with E-state index < -0.39 is 34.6 Å². The predicted molar refractivity (Wildman–Crippen MR) is 45.2 cm³/mol. The zero-order valence-corrected chi connectivity index (χ0v) is 8.00. The SMILES string of the molecule is O=CCCCc1c(F)c(F)c(F)c(F)c1F. The van der Waals surface area contributed by atoms with Gasteiger partial charge in [-0.15, -0.1) is 0 Å². The molecule has 88 valence electrons. The molecule has 0 aromatic heterocycles. The van der Waals surface area contributed by atoms with Gasteiger partial charge in [-0.05, 0) is 12.8 Å². The van der Waals surface area contributed by atoms with Crippen LogP contribution < -0.4 is 0 Å². The summed E-state index contributed by atoms with van der Waals surface area (Å²) in [6.07, 6.45) is 0.165. The third-order valence-corrected chi connectivity index (χ3v) is 2.05. The molecule has 0 heterocycles. The Morgan fingerprint density at radius 1 is 0.812 bits per heavy atom. The largest absolute Gasteiger partial charge is 0.303 e. The summed E-state index contributed by atoms with van der Waals surface area (Å²) >= 11 is 0. The highest BCUT2D eigenvalue weighted by atomic mass is 19.2. The van der Waals surface area contributed by atoms with Crippen LogP contribution in [0.2, 0.25) is 0 Å². The molecule has 0 aliphatic heterocycles. The molecule has 1 rings (SSSR count). The third kappa shape index (κ3) is 2.20. The van der Waals surface area contributed by atoms with Gasteiger partial charge in [0.15, 0.2) is 23.3 Å². The average molecular weight is 238 g/mol. The lowest BCUT2D eigenvalue weighted by atomic mass is 10.1. The molecule has 0 saturated heterocycles. The molecule has 0 spiro atoms. The number of aldehydes is 1. The molecule has 0 aliphatic carbocycles.